The number of halogens is 3. The second-order valence-corrected chi connectivity index (χ2v) is 6.70. The van der Waals surface area contributed by atoms with E-state index >= 15 is 0 Å². The van der Waals surface area contributed by atoms with E-state index in [4.69, 9.17) is 0 Å². The third-order valence-electron chi connectivity index (χ3n) is 5.60. The third-order valence-corrected chi connectivity index (χ3v) is 5.60. The van der Waals surface area contributed by atoms with Crippen LogP contribution in [-0.2, 0) is 0 Å². The molecule has 0 aromatic heterocycles. The van der Waals surface area contributed by atoms with Crippen molar-refractivity contribution in [1.82, 2.24) is 0 Å². The molecule has 0 heterocycles. The van der Waals surface area contributed by atoms with Gasteiger partial charge in [0.2, 0.25) is 0 Å². The molecule has 2 aliphatic rings. The van der Waals surface area contributed by atoms with Crippen LogP contribution in [0.25, 0.3) is 0 Å². The molecule has 2 saturated carbocycles. The molecule has 0 aliphatic heterocycles. The van der Waals surface area contributed by atoms with Gasteiger partial charge in [-0.3, -0.25) is 0 Å². The van der Waals surface area contributed by atoms with Crippen LogP contribution in [0.5, 0.6) is 0 Å². The number of aliphatic hydroxyl groups is 1. The highest BCUT2D eigenvalue weighted by Crippen LogP contribution is 2.69. The van der Waals surface area contributed by atoms with E-state index in [0.717, 1.165) is 19.3 Å². The van der Waals surface area contributed by atoms with Gasteiger partial charge < -0.3 is 5.11 Å². The fraction of sp³-hybridized carbons (Fsp3) is 1.00. The summed E-state index contributed by atoms with van der Waals surface area (Å²) in [5.74, 6) is 0.366. The Labute approximate surface area is 100 Å². The fourth-order valence-corrected chi connectivity index (χ4v) is 4.29. The van der Waals surface area contributed by atoms with Crippen molar-refractivity contribution in [2.45, 2.75) is 64.7 Å². The van der Waals surface area contributed by atoms with Crippen molar-refractivity contribution in [1.29, 1.82) is 0 Å². The fourth-order valence-electron chi connectivity index (χ4n) is 4.29. The first kappa shape index (κ1) is 13.2. The average molecular weight is 250 g/mol. The van der Waals surface area contributed by atoms with Crippen LogP contribution in [-0.4, -0.2) is 16.9 Å². The second-order valence-electron chi connectivity index (χ2n) is 6.70. The number of hydrogen-bond acceptors (Lipinski definition) is 1. The summed E-state index contributed by atoms with van der Waals surface area (Å²) in [7, 11) is 0. The van der Waals surface area contributed by atoms with Crippen LogP contribution in [0.15, 0.2) is 0 Å². The van der Waals surface area contributed by atoms with Gasteiger partial charge in [-0.25, -0.2) is 0 Å². The van der Waals surface area contributed by atoms with Crippen molar-refractivity contribution < 1.29 is 18.3 Å². The van der Waals surface area contributed by atoms with E-state index in [1.54, 1.807) is 0 Å². The van der Waals surface area contributed by atoms with Crippen molar-refractivity contribution in [2.75, 3.05) is 0 Å². The first-order chi connectivity index (χ1) is 7.52. The van der Waals surface area contributed by atoms with Crippen LogP contribution < -0.4 is 0 Å². The molecule has 2 fully saturated rings. The van der Waals surface area contributed by atoms with E-state index < -0.39 is 23.6 Å². The van der Waals surface area contributed by atoms with Gasteiger partial charge in [0.05, 0.1) is 5.60 Å². The second kappa shape index (κ2) is 3.40. The van der Waals surface area contributed by atoms with E-state index in [1.165, 1.54) is 0 Å². The number of fused-ring (bicyclic) bond motifs is 2. The summed E-state index contributed by atoms with van der Waals surface area (Å²) in [6.07, 6.45) is -2.45. The lowest BCUT2D eigenvalue weighted by Gasteiger charge is -2.51. The molecule has 2 aliphatic carbocycles. The zero-order chi connectivity index (χ0) is 13.1. The van der Waals surface area contributed by atoms with Gasteiger partial charge >= 0.3 is 6.18 Å². The normalized spacial score (nSPS) is 44.3. The highest BCUT2D eigenvalue weighted by atomic mass is 19.4. The topological polar surface area (TPSA) is 20.2 Å². The number of alkyl halides is 3. The molecule has 0 spiro atoms. The van der Waals surface area contributed by atoms with E-state index in [9.17, 15) is 18.3 Å². The van der Waals surface area contributed by atoms with Crippen molar-refractivity contribution in [3.05, 3.63) is 0 Å². The van der Waals surface area contributed by atoms with Crippen molar-refractivity contribution in [2.24, 2.45) is 16.7 Å². The number of hydrogen-bond donors (Lipinski definition) is 1. The van der Waals surface area contributed by atoms with Gasteiger partial charge in [0, 0.05) is 6.42 Å². The quantitative estimate of drug-likeness (QED) is 0.788. The van der Waals surface area contributed by atoms with Gasteiger partial charge in [-0.15, -0.1) is 0 Å². The lowest BCUT2D eigenvalue weighted by atomic mass is 9.59. The molecule has 0 saturated heterocycles. The Bertz CT molecular complexity index is 316. The van der Waals surface area contributed by atoms with E-state index in [2.05, 4.69) is 0 Å². The zero-order valence-corrected chi connectivity index (χ0v) is 10.7. The van der Waals surface area contributed by atoms with Crippen LogP contribution >= 0.6 is 0 Å². The highest BCUT2D eigenvalue weighted by molar-refractivity contribution is 5.17. The number of rotatable bonds is 2. The Morgan fingerprint density at radius 3 is 2.24 bits per heavy atom. The summed E-state index contributed by atoms with van der Waals surface area (Å²) in [6.45, 7) is 5.81. The van der Waals surface area contributed by atoms with Crippen LogP contribution in [0.1, 0.15) is 52.9 Å². The van der Waals surface area contributed by atoms with Crippen LogP contribution in [0.2, 0.25) is 0 Å². The first-order valence-electron chi connectivity index (χ1n) is 6.31. The molecule has 2 rings (SSSR count). The Morgan fingerprint density at radius 1 is 1.24 bits per heavy atom. The molecular formula is C13H21F3O. The van der Waals surface area contributed by atoms with Crippen LogP contribution in [0.4, 0.5) is 13.2 Å². The predicted octanol–water partition coefficient (Wildman–Crippen LogP) is 3.91. The molecule has 2 bridgehead atoms. The molecular weight excluding hydrogens is 229 g/mol. The summed E-state index contributed by atoms with van der Waals surface area (Å²) in [4.78, 5) is 0. The average Bonchev–Trinajstić information content (AvgIpc) is 2.61. The Balaban J connectivity index is 2.23. The molecule has 4 heteroatoms. The molecule has 3 unspecified atom stereocenters. The van der Waals surface area contributed by atoms with Gasteiger partial charge in [-0.2, -0.15) is 13.2 Å². The molecule has 1 nitrogen and oxygen atoms in total. The Morgan fingerprint density at radius 2 is 1.82 bits per heavy atom. The monoisotopic (exact) mass is 250 g/mol. The molecule has 0 amide bonds. The van der Waals surface area contributed by atoms with Crippen molar-refractivity contribution >= 4 is 0 Å². The molecule has 1 N–H and O–H groups in total. The molecule has 3 atom stereocenters. The van der Waals surface area contributed by atoms with Gasteiger partial charge in [-0.1, -0.05) is 20.8 Å². The molecule has 100 valence electrons. The van der Waals surface area contributed by atoms with Crippen molar-refractivity contribution in [3.8, 4) is 0 Å². The minimum atomic E-state index is -4.18. The summed E-state index contributed by atoms with van der Waals surface area (Å²) in [6, 6.07) is 0. The van der Waals surface area contributed by atoms with Crippen LogP contribution in [0.3, 0.4) is 0 Å². The van der Waals surface area contributed by atoms with E-state index in [-0.39, 0.29) is 11.8 Å². The third kappa shape index (κ3) is 1.71. The summed E-state index contributed by atoms with van der Waals surface area (Å²) >= 11 is 0. The summed E-state index contributed by atoms with van der Waals surface area (Å²) < 4.78 is 37.2. The van der Waals surface area contributed by atoms with Gasteiger partial charge in [0.25, 0.3) is 0 Å². The first-order valence-corrected chi connectivity index (χ1v) is 6.31. The van der Waals surface area contributed by atoms with Gasteiger partial charge in [-0.05, 0) is 42.4 Å². The van der Waals surface area contributed by atoms with E-state index in [1.807, 2.05) is 20.8 Å². The zero-order valence-electron chi connectivity index (χ0n) is 10.7. The summed E-state index contributed by atoms with van der Waals surface area (Å²) in [5, 5.41) is 10.8. The molecule has 0 radical (unpaired) electrons. The lowest BCUT2D eigenvalue weighted by Crippen LogP contribution is -2.54. The van der Waals surface area contributed by atoms with E-state index in [0.29, 0.717) is 5.92 Å². The smallest absolute Gasteiger partial charge is 0.389 e. The maximum atomic E-state index is 12.4. The Kier molecular flexibility index (Phi) is 2.64. The van der Waals surface area contributed by atoms with Crippen molar-refractivity contribution in [3.63, 3.8) is 0 Å². The molecule has 17 heavy (non-hydrogen) atoms. The maximum absolute atomic E-state index is 12.4. The Hall–Kier alpha value is -0.250. The van der Waals surface area contributed by atoms with Gasteiger partial charge in [0.15, 0.2) is 0 Å². The standard InChI is InChI=1S/C13H21F3O/c1-10(2)9-4-5-11(3,8-9)12(10,17)6-7-13(14,15)16/h9,17H,4-8H2,1-3H3. The lowest BCUT2D eigenvalue weighted by molar-refractivity contribution is -0.185. The summed E-state index contributed by atoms with van der Waals surface area (Å²) in [5.41, 5.74) is -1.89. The maximum Gasteiger partial charge on any atom is 0.389 e. The SMILES string of the molecule is CC12CCC(C1)C(C)(C)C2(O)CCC(F)(F)F. The largest absolute Gasteiger partial charge is 0.389 e. The predicted molar refractivity (Wildman–Crippen MR) is 59.5 cm³/mol. The van der Waals surface area contributed by atoms with Crippen LogP contribution in [0, 0.1) is 16.7 Å². The molecule has 0 aromatic carbocycles. The highest BCUT2D eigenvalue weighted by Gasteiger charge is 2.68. The molecule has 0 aromatic rings. The minimum absolute atomic E-state index is 0.156. The van der Waals surface area contributed by atoms with Gasteiger partial charge in [0.1, 0.15) is 0 Å². The minimum Gasteiger partial charge on any atom is -0.389 e.